The average molecular weight is 308 g/mol. The predicted molar refractivity (Wildman–Crippen MR) is 98.6 cm³/mol. The highest BCUT2D eigenvalue weighted by Crippen LogP contribution is 2.19. The van der Waals surface area contributed by atoms with Crippen molar-refractivity contribution in [3.05, 3.63) is 65.2 Å². The van der Waals surface area contributed by atoms with E-state index in [1.54, 1.807) is 0 Å². The fourth-order valence-electron chi connectivity index (χ4n) is 3.44. The number of hydrogen-bond donors (Lipinski definition) is 1. The summed E-state index contributed by atoms with van der Waals surface area (Å²) in [5.74, 6) is 0.846. The van der Waals surface area contributed by atoms with E-state index in [0.717, 1.165) is 19.0 Å². The molecule has 0 spiro atoms. The lowest BCUT2D eigenvalue weighted by Crippen LogP contribution is -2.33. The van der Waals surface area contributed by atoms with Crippen molar-refractivity contribution in [2.45, 2.75) is 39.8 Å². The van der Waals surface area contributed by atoms with Crippen LogP contribution in [0.3, 0.4) is 0 Å². The minimum absolute atomic E-state index is 0.846. The third-order valence-electron chi connectivity index (χ3n) is 4.68. The molecule has 2 nitrogen and oxygen atoms in total. The van der Waals surface area contributed by atoms with Crippen LogP contribution >= 0.6 is 0 Å². The maximum absolute atomic E-state index is 3.51. The third kappa shape index (κ3) is 4.84. The molecule has 3 rings (SSSR count). The first-order chi connectivity index (χ1) is 11.2. The van der Waals surface area contributed by atoms with Crippen LogP contribution in [0.5, 0.6) is 0 Å². The SMILES string of the molecule is Cc1cccc(CNc2ccc(CN3CCCC(C)C3)cc2)c1. The maximum atomic E-state index is 3.51. The zero-order valence-electron chi connectivity index (χ0n) is 14.4. The molecule has 122 valence electrons. The van der Waals surface area contributed by atoms with Crippen molar-refractivity contribution in [3.8, 4) is 0 Å². The van der Waals surface area contributed by atoms with Crippen molar-refractivity contribution >= 4 is 5.69 Å². The molecule has 2 heteroatoms. The zero-order chi connectivity index (χ0) is 16.1. The Hall–Kier alpha value is -1.80. The fourth-order valence-corrected chi connectivity index (χ4v) is 3.44. The van der Waals surface area contributed by atoms with Crippen molar-refractivity contribution in [3.63, 3.8) is 0 Å². The van der Waals surface area contributed by atoms with Gasteiger partial charge in [-0.05, 0) is 55.5 Å². The van der Waals surface area contributed by atoms with E-state index >= 15 is 0 Å². The lowest BCUT2D eigenvalue weighted by Gasteiger charge is -2.30. The molecule has 0 amide bonds. The number of likely N-dealkylation sites (tertiary alicyclic amines) is 1. The number of piperidine rings is 1. The summed E-state index contributed by atoms with van der Waals surface area (Å²) in [6.45, 7) is 8.96. The molecule has 1 atom stereocenters. The quantitative estimate of drug-likeness (QED) is 0.850. The van der Waals surface area contributed by atoms with Crippen LogP contribution in [0.15, 0.2) is 48.5 Å². The normalized spacial score (nSPS) is 18.8. The Balaban J connectivity index is 1.52. The Labute approximate surface area is 140 Å². The van der Waals surface area contributed by atoms with Crippen LogP contribution in [0.1, 0.15) is 36.5 Å². The van der Waals surface area contributed by atoms with E-state index in [1.165, 1.54) is 48.3 Å². The van der Waals surface area contributed by atoms with Gasteiger partial charge in [-0.3, -0.25) is 4.90 Å². The molecule has 1 saturated heterocycles. The highest BCUT2D eigenvalue weighted by molar-refractivity contribution is 5.45. The van der Waals surface area contributed by atoms with E-state index in [9.17, 15) is 0 Å². The van der Waals surface area contributed by atoms with Gasteiger partial charge in [0.2, 0.25) is 0 Å². The first kappa shape index (κ1) is 16.1. The average Bonchev–Trinajstić information content (AvgIpc) is 2.54. The predicted octanol–water partition coefficient (Wildman–Crippen LogP) is 4.84. The number of benzene rings is 2. The van der Waals surface area contributed by atoms with Crippen molar-refractivity contribution in [1.29, 1.82) is 0 Å². The molecule has 23 heavy (non-hydrogen) atoms. The van der Waals surface area contributed by atoms with Crippen molar-refractivity contribution < 1.29 is 0 Å². The van der Waals surface area contributed by atoms with Gasteiger partial charge in [-0.1, -0.05) is 48.9 Å². The van der Waals surface area contributed by atoms with Crippen LogP contribution in [0.2, 0.25) is 0 Å². The summed E-state index contributed by atoms with van der Waals surface area (Å²) in [7, 11) is 0. The second kappa shape index (κ2) is 7.65. The molecule has 2 aromatic carbocycles. The van der Waals surface area contributed by atoms with Crippen LogP contribution in [0, 0.1) is 12.8 Å². The van der Waals surface area contributed by atoms with Gasteiger partial charge in [0.15, 0.2) is 0 Å². The van der Waals surface area contributed by atoms with Gasteiger partial charge < -0.3 is 5.32 Å². The van der Waals surface area contributed by atoms with Gasteiger partial charge in [0.05, 0.1) is 0 Å². The summed E-state index contributed by atoms with van der Waals surface area (Å²) in [6, 6.07) is 17.6. The van der Waals surface area contributed by atoms with E-state index in [1.807, 2.05) is 0 Å². The first-order valence-corrected chi connectivity index (χ1v) is 8.80. The van der Waals surface area contributed by atoms with Crippen molar-refractivity contribution in [2.75, 3.05) is 18.4 Å². The smallest absolute Gasteiger partial charge is 0.0400 e. The summed E-state index contributed by atoms with van der Waals surface area (Å²) in [4.78, 5) is 2.59. The Morgan fingerprint density at radius 2 is 1.91 bits per heavy atom. The largest absolute Gasteiger partial charge is 0.381 e. The van der Waals surface area contributed by atoms with Gasteiger partial charge >= 0.3 is 0 Å². The summed E-state index contributed by atoms with van der Waals surface area (Å²) in [5.41, 5.74) is 5.26. The van der Waals surface area contributed by atoms with Crippen LogP contribution in [-0.4, -0.2) is 18.0 Å². The monoisotopic (exact) mass is 308 g/mol. The number of nitrogens with zero attached hydrogens (tertiary/aromatic N) is 1. The molecule has 0 aliphatic carbocycles. The fraction of sp³-hybridized carbons (Fsp3) is 0.429. The lowest BCUT2D eigenvalue weighted by molar-refractivity contribution is 0.176. The van der Waals surface area contributed by atoms with Gasteiger partial charge in [-0.2, -0.15) is 0 Å². The van der Waals surface area contributed by atoms with E-state index in [2.05, 4.69) is 72.6 Å². The van der Waals surface area contributed by atoms with Gasteiger partial charge in [0, 0.05) is 25.3 Å². The molecule has 0 saturated carbocycles. The number of aryl methyl sites for hydroxylation is 1. The second-order valence-electron chi connectivity index (χ2n) is 7.02. The summed E-state index contributed by atoms with van der Waals surface area (Å²) in [6.07, 6.45) is 2.73. The van der Waals surface area contributed by atoms with Crippen LogP contribution in [0.4, 0.5) is 5.69 Å². The van der Waals surface area contributed by atoms with Gasteiger partial charge in [0.1, 0.15) is 0 Å². The third-order valence-corrected chi connectivity index (χ3v) is 4.68. The molecule has 1 aliphatic rings. The van der Waals surface area contributed by atoms with E-state index in [-0.39, 0.29) is 0 Å². The van der Waals surface area contributed by atoms with Gasteiger partial charge in [0.25, 0.3) is 0 Å². The summed E-state index contributed by atoms with van der Waals surface area (Å²) >= 11 is 0. The standard InChI is InChI=1S/C21H28N2/c1-17-5-3-7-20(13-17)14-22-21-10-8-19(9-11-21)16-23-12-4-6-18(2)15-23/h3,5,7-11,13,18,22H,4,6,12,14-16H2,1-2H3. The van der Waals surface area contributed by atoms with E-state index < -0.39 is 0 Å². The van der Waals surface area contributed by atoms with E-state index in [4.69, 9.17) is 0 Å². The Kier molecular flexibility index (Phi) is 5.35. The highest BCUT2D eigenvalue weighted by atomic mass is 15.1. The molecule has 0 bridgehead atoms. The summed E-state index contributed by atoms with van der Waals surface area (Å²) in [5, 5.41) is 3.51. The topological polar surface area (TPSA) is 15.3 Å². The number of anilines is 1. The van der Waals surface area contributed by atoms with Crippen LogP contribution in [-0.2, 0) is 13.1 Å². The summed E-state index contributed by atoms with van der Waals surface area (Å²) < 4.78 is 0. The second-order valence-corrected chi connectivity index (χ2v) is 7.02. The lowest BCUT2D eigenvalue weighted by atomic mass is 10.00. The van der Waals surface area contributed by atoms with Crippen LogP contribution < -0.4 is 5.32 Å². The zero-order valence-corrected chi connectivity index (χ0v) is 14.4. The minimum atomic E-state index is 0.846. The molecule has 1 heterocycles. The van der Waals surface area contributed by atoms with Crippen molar-refractivity contribution in [1.82, 2.24) is 4.90 Å². The molecule has 0 radical (unpaired) electrons. The van der Waals surface area contributed by atoms with E-state index in [0.29, 0.717) is 0 Å². The Morgan fingerprint density at radius 3 is 2.65 bits per heavy atom. The number of nitrogens with one attached hydrogen (secondary N) is 1. The first-order valence-electron chi connectivity index (χ1n) is 8.80. The van der Waals surface area contributed by atoms with Crippen molar-refractivity contribution in [2.24, 2.45) is 5.92 Å². The van der Waals surface area contributed by atoms with Gasteiger partial charge in [-0.15, -0.1) is 0 Å². The Morgan fingerprint density at radius 1 is 1.09 bits per heavy atom. The molecule has 1 unspecified atom stereocenters. The number of hydrogen-bond acceptors (Lipinski definition) is 2. The molecule has 1 aliphatic heterocycles. The highest BCUT2D eigenvalue weighted by Gasteiger charge is 2.15. The molecular weight excluding hydrogens is 280 g/mol. The molecule has 1 fully saturated rings. The Bertz CT molecular complexity index is 618. The minimum Gasteiger partial charge on any atom is -0.381 e. The molecule has 2 aromatic rings. The van der Waals surface area contributed by atoms with Gasteiger partial charge in [-0.25, -0.2) is 0 Å². The molecule has 1 N–H and O–H groups in total. The number of rotatable bonds is 5. The maximum Gasteiger partial charge on any atom is 0.0400 e. The molecule has 0 aromatic heterocycles. The molecular formula is C21H28N2. The van der Waals surface area contributed by atoms with Crippen LogP contribution in [0.25, 0.3) is 0 Å².